The Morgan fingerprint density at radius 2 is 1.89 bits per heavy atom. The molecule has 6 nitrogen and oxygen atoms in total. The molecule has 0 fully saturated rings. The van der Waals surface area contributed by atoms with E-state index in [1.807, 2.05) is 48.5 Å². The highest BCUT2D eigenvalue weighted by Gasteiger charge is 2.23. The van der Waals surface area contributed by atoms with Crippen molar-refractivity contribution in [3.05, 3.63) is 71.1 Å². The number of methoxy groups -OCH3 is 1. The van der Waals surface area contributed by atoms with Crippen LogP contribution < -0.4 is 14.8 Å². The van der Waals surface area contributed by atoms with Gasteiger partial charge in [-0.1, -0.05) is 42.5 Å². The summed E-state index contributed by atoms with van der Waals surface area (Å²) in [7, 11) is -1.57. The Morgan fingerprint density at radius 1 is 1.11 bits per heavy atom. The quantitative estimate of drug-likeness (QED) is 0.736. The molecule has 3 rings (SSSR count). The molecule has 1 aliphatic heterocycles. The zero-order valence-electron chi connectivity index (χ0n) is 15.6. The number of benzene rings is 2. The molecule has 1 aliphatic rings. The van der Waals surface area contributed by atoms with E-state index in [0.29, 0.717) is 24.7 Å². The lowest BCUT2D eigenvalue weighted by molar-refractivity contribution is -0.121. The van der Waals surface area contributed by atoms with Crippen LogP contribution >= 0.6 is 0 Å². The second-order valence-corrected chi connectivity index (χ2v) is 8.59. The number of allylic oxidation sites excluding steroid dienone is 1. The van der Waals surface area contributed by atoms with Crippen LogP contribution in [0.2, 0.25) is 0 Å². The van der Waals surface area contributed by atoms with Crippen LogP contribution in [0.1, 0.15) is 17.5 Å². The number of sulfone groups is 1. The monoisotopic (exact) mass is 401 g/mol. The second-order valence-electron chi connectivity index (χ2n) is 6.66. The van der Waals surface area contributed by atoms with Gasteiger partial charge in [0.05, 0.1) is 12.9 Å². The van der Waals surface area contributed by atoms with Gasteiger partial charge in [0, 0.05) is 24.3 Å². The van der Waals surface area contributed by atoms with E-state index in [9.17, 15) is 13.2 Å². The molecule has 0 saturated heterocycles. The molecule has 2 aromatic carbocycles. The van der Waals surface area contributed by atoms with Gasteiger partial charge in [0.1, 0.15) is 6.61 Å². The first-order valence-electron chi connectivity index (χ1n) is 8.96. The standard InChI is InChI=1S/C21H23NO5S/c1-26-20-11-17(7-8-19(20)27-14-16-5-3-2-4-6-16)13-22-21(23)12-18-9-10-28(24,25)15-18/h2-11,18H,12-15H2,1H3,(H,22,23)/t18-/m0/s1. The van der Waals surface area contributed by atoms with Gasteiger partial charge < -0.3 is 14.8 Å². The topological polar surface area (TPSA) is 81.7 Å². The summed E-state index contributed by atoms with van der Waals surface area (Å²) in [5, 5.41) is 4.00. The normalized spacial score (nSPS) is 17.2. The Bertz CT molecular complexity index is 954. The van der Waals surface area contributed by atoms with E-state index < -0.39 is 9.84 Å². The molecule has 148 valence electrons. The molecule has 7 heteroatoms. The number of hydrogen-bond acceptors (Lipinski definition) is 5. The first-order chi connectivity index (χ1) is 13.4. The first-order valence-corrected chi connectivity index (χ1v) is 10.7. The van der Waals surface area contributed by atoms with Crippen molar-refractivity contribution < 1.29 is 22.7 Å². The molecule has 1 heterocycles. The minimum atomic E-state index is -3.14. The molecular weight excluding hydrogens is 378 g/mol. The minimum absolute atomic E-state index is 0.00168. The lowest BCUT2D eigenvalue weighted by Gasteiger charge is -2.13. The molecule has 1 atom stereocenters. The van der Waals surface area contributed by atoms with Gasteiger partial charge in [-0.2, -0.15) is 0 Å². The molecule has 2 aromatic rings. The molecule has 1 amide bonds. The van der Waals surface area contributed by atoms with Crippen molar-refractivity contribution in [1.82, 2.24) is 5.32 Å². The number of nitrogens with one attached hydrogen (secondary N) is 1. The fourth-order valence-electron chi connectivity index (χ4n) is 2.95. The van der Waals surface area contributed by atoms with E-state index in [-0.39, 0.29) is 24.0 Å². The lowest BCUT2D eigenvalue weighted by atomic mass is 10.1. The molecule has 0 aliphatic carbocycles. The number of carbonyl (C=O) groups is 1. The summed E-state index contributed by atoms with van der Waals surface area (Å²) < 4.78 is 34.0. The third-order valence-electron chi connectivity index (χ3n) is 4.41. The zero-order valence-corrected chi connectivity index (χ0v) is 16.4. The van der Waals surface area contributed by atoms with Crippen LogP contribution in [0.3, 0.4) is 0 Å². The van der Waals surface area contributed by atoms with Crippen molar-refractivity contribution >= 4 is 15.7 Å². The molecule has 28 heavy (non-hydrogen) atoms. The van der Waals surface area contributed by atoms with E-state index in [4.69, 9.17) is 9.47 Å². The zero-order chi connectivity index (χ0) is 20.0. The third-order valence-corrected chi connectivity index (χ3v) is 5.87. The van der Waals surface area contributed by atoms with Crippen molar-refractivity contribution in [3.63, 3.8) is 0 Å². The summed E-state index contributed by atoms with van der Waals surface area (Å²) in [5.74, 6) is 0.778. The molecule has 0 bridgehead atoms. The number of amides is 1. The lowest BCUT2D eigenvalue weighted by Crippen LogP contribution is -2.25. The Labute approximate surface area is 165 Å². The van der Waals surface area contributed by atoms with Crippen LogP contribution in [-0.4, -0.2) is 27.2 Å². The van der Waals surface area contributed by atoms with Gasteiger partial charge in [-0.15, -0.1) is 0 Å². The van der Waals surface area contributed by atoms with Crippen molar-refractivity contribution in [2.24, 2.45) is 5.92 Å². The average Bonchev–Trinajstić information content (AvgIpc) is 3.04. The molecular formula is C21H23NO5S. The molecule has 1 N–H and O–H groups in total. The van der Waals surface area contributed by atoms with Gasteiger partial charge in [-0.05, 0) is 23.3 Å². The SMILES string of the molecule is COc1cc(CNC(=O)C[C@@H]2C=CS(=O)(=O)C2)ccc1OCc1ccccc1. The van der Waals surface area contributed by atoms with Gasteiger partial charge in [-0.3, -0.25) is 4.79 Å². The van der Waals surface area contributed by atoms with Crippen LogP contribution in [0.25, 0.3) is 0 Å². The van der Waals surface area contributed by atoms with Crippen LogP contribution in [-0.2, 0) is 27.8 Å². The third kappa shape index (κ3) is 5.60. The second kappa shape index (κ2) is 8.93. The van der Waals surface area contributed by atoms with Crippen LogP contribution in [0.5, 0.6) is 11.5 Å². The molecule has 0 unspecified atom stereocenters. The molecule has 0 radical (unpaired) electrons. The summed E-state index contributed by atoms with van der Waals surface area (Å²) in [6.07, 6.45) is 1.74. The van der Waals surface area contributed by atoms with Crippen LogP contribution in [0.4, 0.5) is 0 Å². The van der Waals surface area contributed by atoms with Gasteiger partial charge >= 0.3 is 0 Å². The van der Waals surface area contributed by atoms with Crippen molar-refractivity contribution in [3.8, 4) is 11.5 Å². The molecule has 0 saturated carbocycles. The largest absolute Gasteiger partial charge is 0.493 e. The van der Waals surface area contributed by atoms with Crippen molar-refractivity contribution in [1.29, 1.82) is 0 Å². The van der Waals surface area contributed by atoms with E-state index in [0.717, 1.165) is 11.1 Å². The highest BCUT2D eigenvalue weighted by atomic mass is 32.2. The fraction of sp³-hybridized carbons (Fsp3) is 0.286. The minimum Gasteiger partial charge on any atom is -0.493 e. The van der Waals surface area contributed by atoms with Gasteiger partial charge in [0.2, 0.25) is 5.91 Å². The Hall–Kier alpha value is -2.80. The molecule has 0 aromatic heterocycles. The highest BCUT2D eigenvalue weighted by Crippen LogP contribution is 2.29. The number of ether oxygens (including phenoxy) is 2. The predicted molar refractivity (Wildman–Crippen MR) is 107 cm³/mol. The average molecular weight is 401 g/mol. The summed E-state index contributed by atoms with van der Waals surface area (Å²) in [5.41, 5.74) is 1.93. The number of rotatable bonds is 8. The summed E-state index contributed by atoms with van der Waals surface area (Å²) in [6, 6.07) is 15.3. The van der Waals surface area contributed by atoms with Crippen LogP contribution in [0.15, 0.2) is 60.0 Å². The number of carbonyl (C=O) groups excluding carboxylic acids is 1. The summed E-state index contributed by atoms with van der Waals surface area (Å²) in [4.78, 5) is 12.1. The maximum atomic E-state index is 12.1. The van der Waals surface area contributed by atoms with Gasteiger partial charge in [0.25, 0.3) is 0 Å². The maximum absolute atomic E-state index is 12.1. The van der Waals surface area contributed by atoms with E-state index in [1.54, 1.807) is 13.2 Å². The van der Waals surface area contributed by atoms with E-state index in [2.05, 4.69) is 5.32 Å². The Balaban J connectivity index is 1.53. The maximum Gasteiger partial charge on any atom is 0.220 e. The predicted octanol–water partition coefficient (Wildman–Crippen LogP) is 2.84. The summed E-state index contributed by atoms with van der Waals surface area (Å²) >= 11 is 0. The number of hydrogen-bond donors (Lipinski definition) is 1. The first kappa shape index (κ1) is 19.9. The van der Waals surface area contributed by atoms with Crippen LogP contribution in [0, 0.1) is 5.92 Å². The van der Waals surface area contributed by atoms with Gasteiger partial charge in [0.15, 0.2) is 21.3 Å². The van der Waals surface area contributed by atoms with E-state index in [1.165, 1.54) is 5.41 Å². The smallest absolute Gasteiger partial charge is 0.220 e. The van der Waals surface area contributed by atoms with Crippen molar-refractivity contribution in [2.45, 2.75) is 19.6 Å². The molecule has 0 spiro atoms. The Kier molecular flexibility index (Phi) is 6.36. The summed E-state index contributed by atoms with van der Waals surface area (Å²) in [6.45, 7) is 0.766. The van der Waals surface area contributed by atoms with Crippen molar-refractivity contribution in [2.75, 3.05) is 12.9 Å². The fourth-order valence-corrected chi connectivity index (χ4v) is 4.35. The highest BCUT2D eigenvalue weighted by molar-refractivity contribution is 7.94. The van der Waals surface area contributed by atoms with Gasteiger partial charge in [-0.25, -0.2) is 8.42 Å². The van der Waals surface area contributed by atoms with E-state index >= 15 is 0 Å². The Morgan fingerprint density at radius 3 is 2.57 bits per heavy atom.